The van der Waals surface area contributed by atoms with Crippen LogP contribution in [0, 0.1) is 0 Å². The van der Waals surface area contributed by atoms with E-state index in [9.17, 15) is 4.79 Å². The molecule has 0 spiro atoms. The molecule has 1 N–H and O–H groups in total. The number of thiophene rings is 1. The maximum absolute atomic E-state index is 10.7. The van der Waals surface area contributed by atoms with Crippen molar-refractivity contribution >= 4 is 17.3 Å². The average Bonchev–Trinajstić information content (AvgIpc) is 2.75. The molecule has 5 heteroatoms. The normalized spacial score (nSPS) is 10.3. The lowest BCUT2D eigenvalue weighted by atomic mass is 10.3. The first kappa shape index (κ1) is 8.96. The minimum absolute atomic E-state index is 0.0798. The Labute approximate surface area is 84.5 Å². The summed E-state index contributed by atoms with van der Waals surface area (Å²) in [5.41, 5.74) is 1.09. The third-order valence-corrected chi connectivity index (χ3v) is 2.57. The molecule has 0 radical (unpaired) electrons. The number of aromatic carboxylic acids is 1. The van der Waals surface area contributed by atoms with E-state index in [1.807, 2.05) is 16.8 Å². The number of rotatable bonds is 3. The maximum Gasteiger partial charge on any atom is 0.372 e. The summed E-state index contributed by atoms with van der Waals surface area (Å²) in [4.78, 5) is 14.5. The molecule has 0 saturated carbocycles. The zero-order valence-corrected chi connectivity index (χ0v) is 8.07. The fraction of sp³-hybridized carbons (Fsp3) is 0.111. The van der Waals surface area contributed by atoms with Gasteiger partial charge >= 0.3 is 5.97 Å². The molecule has 0 aliphatic heterocycles. The molecular weight excluding hydrogens is 200 g/mol. The fourth-order valence-corrected chi connectivity index (χ4v) is 1.87. The van der Waals surface area contributed by atoms with Crippen molar-refractivity contribution in [1.82, 2.24) is 9.55 Å². The predicted molar refractivity (Wildman–Crippen MR) is 52.6 cm³/mol. The summed E-state index contributed by atoms with van der Waals surface area (Å²) in [5.74, 6) is -0.915. The van der Waals surface area contributed by atoms with Crippen molar-refractivity contribution in [3.63, 3.8) is 0 Å². The van der Waals surface area contributed by atoms with E-state index in [1.54, 1.807) is 22.1 Å². The second kappa shape index (κ2) is 3.63. The molecule has 72 valence electrons. The second-order valence-electron chi connectivity index (χ2n) is 2.82. The molecule has 0 aliphatic rings. The molecule has 14 heavy (non-hydrogen) atoms. The number of imidazole rings is 1. The first-order valence-electron chi connectivity index (χ1n) is 4.03. The number of nitrogens with zero attached hydrogens (tertiary/aromatic N) is 2. The summed E-state index contributed by atoms with van der Waals surface area (Å²) < 4.78 is 1.62. The summed E-state index contributed by atoms with van der Waals surface area (Å²) in [6, 6.07) is 1.97. The molecule has 0 aromatic carbocycles. The lowest BCUT2D eigenvalue weighted by Gasteiger charge is -2.01. The van der Waals surface area contributed by atoms with Crippen LogP contribution in [0.2, 0.25) is 0 Å². The van der Waals surface area contributed by atoms with Gasteiger partial charge in [0.1, 0.15) is 0 Å². The van der Waals surface area contributed by atoms with Gasteiger partial charge < -0.3 is 9.67 Å². The number of carbonyl (C=O) groups is 1. The van der Waals surface area contributed by atoms with Crippen LogP contribution in [0.3, 0.4) is 0 Å². The summed E-state index contributed by atoms with van der Waals surface area (Å²) in [7, 11) is 0. The molecule has 0 bridgehead atoms. The van der Waals surface area contributed by atoms with E-state index >= 15 is 0 Å². The highest BCUT2D eigenvalue weighted by molar-refractivity contribution is 7.07. The van der Waals surface area contributed by atoms with Crippen molar-refractivity contribution in [2.75, 3.05) is 0 Å². The zero-order chi connectivity index (χ0) is 9.97. The molecule has 2 heterocycles. The van der Waals surface area contributed by atoms with E-state index in [0.29, 0.717) is 6.54 Å². The van der Waals surface area contributed by atoms with Crippen LogP contribution in [0.25, 0.3) is 0 Å². The van der Waals surface area contributed by atoms with Gasteiger partial charge in [-0.25, -0.2) is 9.78 Å². The summed E-state index contributed by atoms with van der Waals surface area (Å²) >= 11 is 1.59. The van der Waals surface area contributed by atoms with Crippen LogP contribution in [0.4, 0.5) is 0 Å². The number of hydrogen-bond donors (Lipinski definition) is 1. The average molecular weight is 208 g/mol. The molecular formula is C9H8N2O2S. The van der Waals surface area contributed by atoms with Crippen LogP contribution in [0.1, 0.15) is 16.2 Å². The van der Waals surface area contributed by atoms with Crippen LogP contribution in [-0.2, 0) is 6.54 Å². The fourth-order valence-electron chi connectivity index (χ4n) is 1.21. The number of hydrogen-bond acceptors (Lipinski definition) is 3. The lowest BCUT2D eigenvalue weighted by molar-refractivity contribution is 0.0679. The van der Waals surface area contributed by atoms with Gasteiger partial charge in [0, 0.05) is 12.4 Å². The summed E-state index contributed by atoms with van der Waals surface area (Å²) in [6.07, 6.45) is 3.16. The highest BCUT2D eigenvalue weighted by Crippen LogP contribution is 2.09. The van der Waals surface area contributed by atoms with E-state index in [1.165, 1.54) is 6.20 Å². The van der Waals surface area contributed by atoms with Crippen LogP contribution in [-0.4, -0.2) is 20.6 Å². The third kappa shape index (κ3) is 1.67. The van der Waals surface area contributed by atoms with E-state index in [0.717, 1.165) is 5.56 Å². The molecule has 0 aliphatic carbocycles. The van der Waals surface area contributed by atoms with Gasteiger partial charge in [0.05, 0.1) is 6.54 Å². The minimum atomic E-state index is -0.995. The van der Waals surface area contributed by atoms with Gasteiger partial charge in [-0.2, -0.15) is 11.3 Å². The van der Waals surface area contributed by atoms with Crippen molar-refractivity contribution in [3.05, 3.63) is 40.6 Å². The highest BCUT2D eigenvalue weighted by Gasteiger charge is 2.10. The first-order chi connectivity index (χ1) is 6.77. The van der Waals surface area contributed by atoms with Crippen molar-refractivity contribution in [1.29, 1.82) is 0 Å². The molecule has 2 aromatic heterocycles. The summed E-state index contributed by atoms with van der Waals surface area (Å²) in [6.45, 7) is 0.561. The smallest absolute Gasteiger partial charge is 0.372 e. The molecule has 2 aromatic rings. The van der Waals surface area contributed by atoms with Gasteiger partial charge in [-0.15, -0.1) is 0 Å². The minimum Gasteiger partial charge on any atom is -0.475 e. The molecule has 0 amide bonds. The molecule has 2 rings (SSSR count). The number of aromatic nitrogens is 2. The van der Waals surface area contributed by atoms with E-state index in [2.05, 4.69) is 4.98 Å². The van der Waals surface area contributed by atoms with E-state index in [4.69, 9.17) is 5.11 Å². The largest absolute Gasteiger partial charge is 0.475 e. The Morgan fingerprint density at radius 3 is 3.14 bits per heavy atom. The Morgan fingerprint density at radius 2 is 2.50 bits per heavy atom. The Morgan fingerprint density at radius 1 is 1.64 bits per heavy atom. The Hall–Kier alpha value is -1.62. The van der Waals surface area contributed by atoms with Crippen LogP contribution in [0.5, 0.6) is 0 Å². The maximum atomic E-state index is 10.7. The van der Waals surface area contributed by atoms with Crippen LogP contribution in [0.15, 0.2) is 29.2 Å². The topological polar surface area (TPSA) is 55.1 Å². The number of carboxylic acids is 1. The van der Waals surface area contributed by atoms with Crippen molar-refractivity contribution in [3.8, 4) is 0 Å². The monoisotopic (exact) mass is 208 g/mol. The van der Waals surface area contributed by atoms with Gasteiger partial charge in [-0.3, -0.25) is 0 Å². The van der Waals surface area contributed by atoms with Gasteiger partial charge in [0.2, 0.25) is 5.82 Å². The Bertz CT molecular complexity index is 433. The SMILES string of the molecule is O=C(O)c1nccn1Cc1ccsc1. The Balaban J connectivity index is 2.25. The quantitative estimate of drug-likeness (QED) is 0.835. The predicted octanol–water partition coefficient (Wildman–Crippen LogP) is 1.69. The van der Waals surface area contributed by atoms with E-state index < -0.39 is 5.97 Å². The van der Waals surface area contributed by atoms with Gasteiger partial charge in [-0.1, -0.05) is 0 Å². The van der Waals surface area contributed by atoms with E-state index in [-0.39, 0.29) is 5.82 Å². The zero-order valence-electron chi connectivity index (χ0n) is 7.25. The second-order valence-corrected chi connectivity index (χ2v) is 3.60. The van der Waals surface area contributed by atoms with Gasteiger partial charge in [0.15, 0.2) is 0 Å². The standard InChI is InChI=1S/C9H8N2O2S/c12-9(13)8-10-2-3-11(8)5-7-1-4-14-6-7/h1-4,6H,5H2,(H,12,13). The van der Waals surface area contributed by atoms with Crippen molar-refractivity contribution in [2.45, 2.75) is 6.54 Å². The first-order valence-corrected chi connectivity index (χ1v) is 4.97. The van der Waals surface area contributed by atoms with Crippen LogP contribution < -0.4 is 0 Å². The third-order valence-electron chi connectivity index (χ3n) is 1.84. The highest BCUT2D eigenvalue weighted by atomic mass is 32.1. The van der Waals surface area contributed by atoms with Gasteiger partial charge in [0.25, 0.3) is 0 Å². The molecule has 0 saturated heterocycles. The van der Waals surface area contributed by atoms with Crippen molar-refractivity contribution < 1.29 is 9.90 Å². The number of carboxylic acid groups (broad SMARTS) is 1. The molecule has 0 unspecified atom stereocenters. The molecule has 0 atom stereocenters. The summed E-state index contributed by atoms with van der Waals surface area (Å²) in [5, 5.41) is 12.8. The Kier molecular flexibility index (Phi) is 2.32. The molecule has 0 fully saturated rings. The van der Waals surface area contributed by atoms with Crippen molar-refractivity contribution in [2.24, 2.45) is 0 Å². The molecule has 4 nitrogen and oxygen atoms in total. The van der Waals surface area contributed by atoms with Gasteiger partial charge in [-0.05, 0) is 22.4 Å². The lowest BCUT2D eigenvalue weighted by Crippen LogP contribution is -2.09. The van der Waals surface area contributed by atoms with Crippen LogP contribution >= 0.6 is 11.3 Å².